The van der Waals surface area contributed by atoms with Gasteiger partial charge in [0, 0.05) is 18.2 Å². The second kappa shape index (κ2) is 9.00. The Morgan fingerprint density at radius 2 is 1.86 bits per heavy atom. The molecule has 0 heterocycles. The average Bonchev–Trinajstić information content (AvgIpc) is 2.51. The molecule has 0 saturated heterocycles. The number of anilines is 1. The highest BCUT2D eigenvalue weighted by atomic mass is 16.5. The van der Waals surface area contributed by atoms with Crippen molar-refractivity contribution in [1.82, 2.24) is 5.32 Å². The molecule has 116 valence electrons. The number of alkyl carbamates (subject to hydrolysis) is 1. The van der Waals surface area contributed by atoms with E-state index < -0.39 is 6.09 Å². The quantitative estimate of drug-likeness (QED) is 0.773. The van der Waals surface area contributed by atoms with Crippen LogP contribution >= 0.6 is 0 Å². The summed E-state index contributed by atoms with van der Waals surface area (Å²) in [5.41, 5.74) is 1.94. The molecule has 1 aromatic carbocycles. The fourth-order valence-corrected chi connectivity index (χ4v) is 1.68. The molecule has 2 N–H and O–H groups in total. The van der Waals surface area contributed by atoms with Gasteiger partial charge in [0.1, 0.15) is 6.61 Å². The Bertz CT molecular complexity index is 457. The lowest BCUT2D eigenvalue weighted by molar-refractivity contribution is -0.121. The number of ether oxygens (including phenoxy) is 1. The van der Waals surface area contributed by atoms with Gasteiger partial charge in [-0.15, -0.1) is 0 Å². The predicted octanol–water partition coefficient (Wildman–Crippen LogP) is 2.96. The smallest absolute Gasteiger partial charge is 0.407 e. The standard InChI is InChI=1S/C16H24N2O3/c1-4-12(3)15(19)10-18-16(20)21-11-13-6-8-14(9-7-13)17-5-2/h6-9,12,17H,4-5,10-11H2,1-3H3,(H,18,20). The van der Waals surface area contributed by atoms with E-state index in [-0.39, 0.29) is 24.9 Å². The number of carbonyl (C=O) groups is 2. The third-order valence-corrected chi connectivity index (χ3v) is 3.27. The molecule has 0 spiro atoms. The molecule has 0 aliphatic carbocycles. The van der Waals surface area contributed by atoms with Crippen molar-refractivity contribution in [2.45, 2.75) is 33.8 Å². The van der Waals surface area contributed by atoms with Crippen molar-refractivity contribution in [1.29, 1.82) is 0 Å². The van der Waals surface area contributed by atoms with E-state index in [0.29, 0.717) is 0 Å². The summed E-state index contributed by atoms with van der Waals surface area (Å²) in [6, 6.07) is 7.67. The van der Waals surface area contributed by atoms with Crippen LogP contribution < -0.4 is 10.6 Å². The number of hydrogen-bond donors (Lipinski definition) is 2. The number of amides is 1. The first-order valence-corrected chi connectivity index (χ1v) is 7.33. The van der Waals surface area contributed by atoms with Gasteiger partial charge in [0.05, 0.1) is 6.54 Å². The number of rotatable bonds is 8. The van der Waals surface area contributed by atoms with Crippen LogP contribution in [0.1, 0.15) is 32.8 Å². The minimum Gasteiger partial charge on any atom is -0.445 e. The topological polar surface area (TPSA) is 67.4 Å². The van der Waals surface area contributed by atoms with Crippen molar-refractivity contribution < 1.29 is 14.3 Å². The van der Waals surface area contributed by atoms with Gasteiger partial charge in [0.25, 0.3) is 0 Å². The van der Waals surface area contributed by atoms with Crippen molar-refractivity contribution in [2.75, 3.05) is 18.4 Å². The number of benzene rings is 1. The van der Waals surface area contributed by atoms with Gasteiger partial charge in [-0.2, -0.15) is 0 Å². The summed E-state index contributed by atoms with van der Waals surface area (Å²) >= 11 is 0. The van der Waals surface area contributed by atoms with Crippen molar-refractivity contribution in [3.8, 4) is 0 Å². The Morgan fingerprint density at radius 3 is 2.43 bits per heavy atom. The fraction of sp³-hybridized carbons (Fsp3) is 0.500. The van der Waals surface area contributed by atoms with Gasteiger partial charge < -0.3 is 15.4 Å². The van der Waals surface area contributed by atoms with Gasteiger partial charge in [0.2, 0.25) is 0 Å². The maximum atomic E-state index is 11.6. The van der Waals surface area contributed by atoms with E-state index in [1.807, 2.05) is 45.0 Å². The summed E-state index contributed by atoms with van der Waals surface area (Å²) in [5.74, 6) is -0.0200. The summed E-state index contributed by atoms with van der Waals surface area (Å²) in [7, 11) is 0. The molecule has 0 aliphatic heterocycles. The predicted molar refractivity (Wildman–Crippen MR) is 83.3 cm³/mol. The van der Waals surface area contributed by atoms with Crippen LogP contribution in [0.4, 0.5) is 10.5 Å². The molecule has 1 atom stereocenters. The first-order chi connectivity index (χ1) is 10.1. The van der Waals surface area contributed by atoms with E-state index in [0.717, 1.165) is 24.2 Å². The highest BCUT2D eigenvalue weighted by molar-refractivity contribution is 5.85. The van der Waals surface area contributed by atoms with Gasteiger partial charge in [0.15, 0.2) is 5.78 Å². The molecule has 1 unspecified atom stereocenters. The molecule has 0 saturated carbocycles. The zero-order chi connectivity index (χ0) is 15.7. The largest absolute Gasteiger partial charge is 0.445 e. The van der Waals surface area contributed by atoms with Crippen LogP contribution in [-0.2, 0) is 16.1 Å². The number of carbonyl (C=O) groups excluding carboxylic acids is 2. The number of hydrogen-bond acceptors (Lipinski definition) is 4. The third kappa shape index (κ3) is 6.29. The minimum absolute atomic E-state index is 0.0180. The molecule has 0 aliphatic rings. The Kier molecular flexibility index (Phi) is 7.29. The normalized spacial score (nSPS) is 11.6. The maximum absolute atomic E-state index is 11.6. The molecule has 21 heavy (non-hydrogen) atoms. The van der Waals surface area contributed by atoms with Gasteiger partial charge in [-0.1, -0.05) is 26.0 Å². The van der Waals surface area contributed by atoms with Gasteiger partial charge in [-0.3, -0.25) is 4.79 Å². The molecule has 1 rings (SSSR count). The summed E-state index contributed by atoms with van der Waals surface area (Å²) in [4.78, 5) is 23.1. The molecule has 1 amide bonds. The summed E-state index contributed by atoms with van der Waals surface area (Å²) in [6.07, 6.45) is 0.204. The Balaban J connectivity index is 2.31. The lowest BCUT2D eigenvalue weighted by atomic mass is 10.0. The van der Waals surface area contributed by atoms with Crippen LogP contribution in [0.2, 0.25) is 0 Å². The number of nitrogens with one attached hydrogen (secondary N) is 2. The van der Waals surface area contributed by atoms with Crippen LogP contribution in [-0.4, -0.2) is 25.0 Å². The summed E-state index contributed by atoms with van der Waals surface area (Å²) in [5, 5.41) is 5.67. The molecule has 1 aromatic rings. The van der Waals surface area contributed by atoms with E-state index in [4.69, 9.17) is 4.74 Å². The lowest BCUT2D eigenvalue weighted by Gasteiger charge is -2.10. The first kappa shape index (κ1) is 17.0. The summed E-state index contributed by atoms with van der Waals surface area (Å²) < 4.78 is 5.07. The lowest BCUT2D eigenvalue weighted by Crippen LogP contribution is -2.32. The van der Waals surface area contributed by atoms with Crippen molar-refractivity contribution in [2.24, 2.45) is 5.92 Å². The molecular weight excluding hydrogens is 268 g/mol. The Labute approximate surface area is 126 Å². The first-order valence-electron chi connectivity index (χ1n) is 7.33. The zero-order valence-corrected chi connectivity index (χ0v) is 12.9. The maximum Gasteiger partial charge on any atom is 0.407 e. The van der Waals surface area contributed by atoms with E-state index in [2.05, 4.69) is 10.6 Å². The van der Waals surface area contributed by atoms with Crippen molar-refractivity contribution in [3.05, 3.63) is 29.8 Å². The van der Waals surface area contributed by atoms with Crippen LogP contribution in [0.5, 0.6) is 0 Å². The van der Waals surface area contributed by atoms with E-state index in [1.165, 1.54) is 0 Å². The SMILES string of the molecule is CCNc1ccc(COC(=O)NCC(=O)C(C)CC)cc1. The fourth-order valence-electron chi connectivity index (χ4n) is 1.68. The second-order valence-corrected chi connectivity index (χ2v) is 4.93. The highest BCUT2D eigenvalue weighted by Crippen LogP contribution is 2.10. The van der Waals surface area contributed by atoms with Gasteiger partial charge >= 0.3 is 6.09 Å². The van der Waals surface area contributed by atoms with Crippen LogP contribution in [0, 0.1) is 5.92 Å². The molecule has 5 heteroatoms. The monoisotopic (exact) mass is 292 g/mol. The molecule has 0 bridgehead atoms. The highest BCUT2D eigenvalue weighted by Gasteiger charge is 2.12. The number of ketones is 1. The van der Waals surface area contributed by atoms with Gasteiger partial charge in [-0.05, 0) is 31.0 Å². The van der Waals surface area contributed by atoms with Crippen LogP contribution in [0.15, 0.2) is 24.3 Å². The van der Waals surface area contributed by atoms with Crippen LogP contribution in [0.25, 0.3) is 0 Å². The van der Waals surface area contributed by atoms with E-state index in [9.17, 15) is 9.59 Å². The molecular formula is C16H24N2O3. The molecule has 0 radical (unpaired) electrons. The molecule has 5 nitrogen and oxygen atoms in total. The summed E-state index contributed by atoms with van der Waals surface area (Å²) in [6.45, 7) is 6.90. The third-order valence-electron chi connectivity index (χ3n) is 3.27. The molecule has 0 fully saturated rings. The molecule has 0 aromatic heterocycles. The van der Waals surface area contributed by atoms with E-state index in [1.54, 1.807) is 0 Å². The minimum atomic E-state index is -0.567. The van der Waals surface area contributed by atoms with Gasteiger partial charge in [-0.25, -0.2) is 4.79 Å². The van der Waals surface area contributed by atoms with E-state index >= 15 is 0 Å². The zero-order valence-electron chi connectivity index (χ0n) is 12.9. The van der Waals surface area contributed by atoms with Crippen molar-refractivity contribution >= 4 is 17.6 Å². The average molecular weight is 292 g/mol. The van der Waals surface area contributed by atoms with Crippen LogP contribution in [0.3, 0.4) is 0 Å². The second-order valence-electron chi connectivity index (χ2n) is 4.93. The number of Topliss-reactive ketones (excluding diaryl/α,β-unsaturated/α-hetero) is 1. The Morgan fingerprint density at radius 1 is 1.19 bits per heavy atom. The Hall–Kier alpha value is -2.04. The van der Waals surface area contributed by atoms with Crippen molar-refractivity contribution in [3.63, 3.8) is 0 Å².